The van der Waals surface area contributed by atoms with E-state index in [-0.39, 0.29) is 17.2 Å². The SMILES string of the molecule is CCC(NC(=O)C(C)Sc1ccc(Cl)cc1)c1ncc[nH]1. The van der Waals surface area contributed by atoms with Crippen LogP contribution in [0, 0.1) is 0 Å². The molecular weight excluding hydrogens is 306 g/mol. The molecule has 1 aromatic heterocycles. The number of H-pyrrole nitrogens is 1. The molecule has 0 aliphatic carbocycles. The van der Waals surface area contributed by atoms with Crippen molar-refractivity contribution in [2.45, 2.75) is 36.5 Å². The van der Waals surface area contributed by atoms with Crippen molar-refractivity contribution < 1.29 is 4.79 Å². The molecule has 1 aromatic carbocycles. The average molecular weight is 324 g/mol. The summed E-state index contributed by atoms with van der Waals surface area (Å²) in [7, 11) is 0. The smallest absolute Gasteiger partial charge is 0.233 e. The van der Waals surface area contributed by atoms with Gasteiger partial charge in [-0.3, -0.25) is 4.79 Å². The number of hydrogen-bond acceptors (Lipinski definition) is 3. The molecule has 0 aliphatic heterocycles. The number of aromatic amines is 1. The van der Waals surface area contributed by atoms with Gasteiger partial charge < -0.3 is 10.3 Å². The summed E-state index contributed by atoms with van der Waals surface area (Å²) in [5.74, 6) is 0.785. The molecule has 1 amide bonds. The molecular formula is C15H18ClN3OS. The quantitative estimate of drug-likeness (QED) is 0.795. The fraction of sp³-hybridized carbons (Fsp3) is 0.333. The van der Waals surface area contributed by atoms with Gasteiger partial charge in [-0.05, 0) is 37.6 Å². The maximum Gasteiger partial charge on any atom is 0.233 e. The zero-order valence-corrected chi connectivity index (χ0v) is 13.5. The third-order valence-corrected chi connectivity index (χ3v) is 4.43. The molecule has 0 spiro atoms. The number of amides is 1. The normalized spacial score (nSPS) is 13.7. The molecule has 0 saturated heterocycles. The number of carbonyl (C=O) groups excluding carboxylic acids is 1. The van der Waals surface area contributed by atoms with Crippen LogP contribution >= 0.6 is 23.4 Å². The molecule has 2 N–H and O–H groups in total. The van der Waals surface area contributed by atoms with Crippen molar-refractivity contribution in [3.05, 3.63) is 47.5 Å². The molecule has 2 atom stereocenters. The van der Waals surface area contributed by atoms with Gasteiger partial charge in [0.25, 0.3) is 0 Å². The summed E-state index contributed by atoms with van der Waals surface area (Å²) in [4.78, 5) is 20.5. The van der Waals surface area contributed by atoms with Crippen LogP contribution in [0.25, 0.3) is 0 Å². The van der Waals surface area contributed by atoms with Gasteiger partial charge in [-0.25, -0.2) is 4.98 Å². The number of nitrogens with zero attached hydrogens (tertiary/aromatic N) is 1. The van der Waals surface area contributed by atoms with Crippen molar-refractivity contribution >= 4 is 29.3 Å². The number of benzene rings is 1. The molecule has 2 rings (SSSR count). The lowest BCUT2D eigenvalue weighted by molar-refractivity contribution is -0.121. The Bertz CT molecular complexity index is 571. The van der Waals surface area contributed by atoms with Crippen LogP contribution in [-0.4, -0.2) is 21.1 Å². The first-order chi connectivity index (χ1) is 10.1. The van der Waals surface area contributed by atoms with Crippen LogP contribution in [0.15, 0.2) is 41.6 Å². The highest BCUT2D eigenvalue weighted by atomic mass is 35.5. The summed E-state index contributed by atoms with van der Waals surface area (Å²) in [6, 6.07) is 7.40. The van der Waals surface area contributed by atoms with E-state index in [1.807, 2.05) is 38.1 Å². The van der Waals surface area contributed by atoms with E-state index in [1.165, 1.54) is 11.8 Å². The van der Waals surface area contributed by atoms with E-state index in [9.17, 15) is 4.79 Å². The molecule has 2 aromatic rings. The molecule has 0 saturated carbocycles. The zero-order valence-electron chi connectivity index (χ0n) is 12.0. The van der Waals surface area contributed by atoms with E-state index < -0.39 is 0 Å². The minimum atomic E-state index is -0.185. The summed E-state index contributed by atoms with van der Waals surface area (Å²) in [6.07, 6.45) is 4.24. The second-order valence-electron chi connectivity index (χ2n) is 4.66. The van der Waals surface area contributed by atoms with Gasteiger partial charge in [0.05, 0.1) is 11.3 Å². The predicted octanol–water partition coefficient (Wildman–Crippen LogP) is 3.81. The van der Waals surface area contributed by atoms with Crippen molar-refractivity contribution in [2.75, 3.05) is 0 Å². The van der Waals surface area contributed by atoms with Gasteiger partial charge in [-0.15, -0.1) is 11.8 Å². The molecule has 21 heavy (non-hydrogen) atoms. The molecule has 6 heteroatoms. The van der Waals surface area contributed by atoms with E-state index in [0.29, 0.717) is 5.02 Å². The minimum Gasteiger partial charge on any atom is -0.347 e. The summed E-state index contributed by atoms with van der Waals surface area (Å²) in [5, 5.41) is 3.53. The largest absolute Gasteiger partial charge is 0.347 e. The number of hydrogen-bond donors (Lipinski definition) is 2. The monoisotopic (exact) mass is 323 g/mol. The van der Waals surface area contributed by atoms with E-state index in [4.69, 9.17) is 11.6 Å². The van der Waals surface area contributed by atoms with Crippen LogP contribution in [0.3, 0.4) is 0 Å². The average Bonchev–Trinajstić information content (AvgIpc) is 3.01. The highest BCUT2D eigenvalue weighted by Crippen LogP contribution is 2.25. The summed E-state index contributed by atoms with van der Waals surface area (Å²) in [5.41, 5.74) is 0. The van der Waals surface area contributed by atoms with Crippen molar-refractivity contribution in [3.8, 4) is 0 Å². The molecule has 0 aliphatic rings. The van der Waals surface area contributed by atoms with E-state index in [0.717, 1.165) is 17.1 Å². The number of imidazole rings is 1. The van der Waals surface area contributed by atoms with Crippen molar-refractivity contribution in [1.82, 2.24) is 15.3 Å². The first-order valence-corrected chi connectivity index (χ1v) is 8.07. The number of thioether (sulfide) groups is 1. The van der Waals surface area contributed by atoms with Crippen LogP contribution in [0.5, 0.6) is 0 Å². The Hall–Kier alpha value is -1.46. The van der Waals surface area contributed by atoms with E-state index >= 15 is 0 Å². The highest BCUT2D eigenvalue weighted by molar-refractivity contribution is 8.00. The number of nitrogens with one attached hydrogen (secondary N) is 2. The number of carbonyl (C=O) groups is 1. The number of rotatable bonds is 6. The van der Waals surface area contributed by atoms with Crippen molar-refractivity contribution in [3.63, 3.8) is 0 Å². The standard InChI is InChI=1S/C15H18ClN3OS/c1-3-13(14-17-8-9-18-14)19-15(20)10(2)21-12-6-4-11(16)5-7-12/h4-10,13H,3H2,1-2H3,(H,17,18)(H,19,20). The molecule has 0 fully saturated rings. The first-order valence-electron chi connectivity index (χ1n) is 6.82. The Balaban J connectivity index is 1.94. The topological polar surface area (TPSA) is 57.8 Å². The van der Waals surface area contributed by atoms with Crippen LogP contribution in [0.4, 0.5) is 0 Å². The van der Waals surface area contributed by atoms with E-state index in [1.54, 1.807) is 12.4 Å². The highest BCUT2D eigenvalue weighted by Gasteiger charge is 2.20. The van der Waals surface area contributed by atoms with Gasteiger partial charge >= 0.3 is 0 Å². The van der Waals surface area contributed by atoms with Gasteiger partial charge in [0.1, 0.15) is 5.82 Å². The van der Waals surface area contributed by atoms with Gasteiger partial charge in [0.15, 0.2) is 0 Å². The van der Waals surface area contributed by atoms with Gasteiger partial charge in [-0.1, -0.05) is 18.5 Å². The summed E-state index contributed by atoms with van der Waals surface area (Å²) >= 11 is 7.37. The van der Waals surface area contributed by atoms with Gasteiger partial charge in [0.2, 0.25) is 5.91 Å². The maximum atomic E-state index is 12.3. The summed E-state index contributed by atoms with van der Waals surface area (Å²) in [6.45, 7) is 3.91. The fourth-order valence-corrected chi connectivity index (χ4v) is 2.89. The Morgan fingerprint density at radius 1 is 1.43 bits per heavy atom. The van der Waals surface area contributed by atoms with E-state index in [2.05, 4.69) is 15.3 Å². The Morgan fingerprint density at radius 2 is 2.14 bits per heavy atom. The predicted molar refractivity (Wildman–Crippen MR) is 86.5 cm³/mol. The second-order valence-corrected chi connectivity index (χ2v) is 6.51. The number of aromatic nitrogens is 2. The lowest BCUT2D eigenvalue weighted by Crippen LogP contribution is -2.34. The van der Waals surface area contributed by atoms with Crippen molar-refractivity contribution in [1.29, 1.82) is 0 Å². The first kappa shape index (κ1) is 15.9. The molecule has 0 radical (unpaired) electrons. The lowest BCUT2D eigenvalue weighted by Gasteiger charge is -2.18. The van der Waals surface area contributed by atoms with Crippen LogP contribution in [-0.2, 0) is 4.79 Å². The summed E-state index contributed by atoms with van der Waals surface area (Å²) < 4.78 is 0. The molecule has 2 unspecified atom stereocenters. The Kier molecular flexibility index (Phi) is 5.70. The van der Waals surface area contributed by atoms with Crippen LogP contribution in [0.1, 0.15) is 32.1 Å². The van der Waals surface area contributed by atoms with Gasteiger partial charge in [0, 0.05) is 22.3 Å². The fourth-order valence-electron chi connectivity index (χ4n) is 1.89. The van der Waals surface area contributed by atoms with Gasteiger partial charge in [-0.2, -0.15) is 0 Å². The molecule has 4 nitrogen and oxygen atoms in total. The Morgan fingerprint density at radius 3 is 2.71 bits per heavy atom. The maximum absolute atomic E-state index is 12.3. The third-order valence-electron chi connectivity index (χ3n) is 3.07. The zero-order chi connectivity index (χ0) is 15.2. The lowest BCUT2D eigenvalue weighted by atomic mass is 10.2. The Labute approximate surface area is 133 Å². The minimum absolute atomic E-state index is 0.00167. The molecule has 0 bridgehead atoms. The molecule has 1 heterocycles. The van der Waals surface area contributed by atoms with Crippen molar-refractivity contribution in [2.24, 2.45) is 0 Å². The number of halogens is 1. The third kappa shape index (κ3) is 4.51. The molecule has 112 valence electrons. The second kappa shape index (κ2) is 7.52. The van der Waals surface area contributed by atoms with Crippen LogP contribution in [0.2, 0.25) is 5.02 Å². The van der Waals surface area contributed by atoms with Crippen LogP contribution < -0.4 is 5.32 Å².